The van der Waals surface area contributed by atoms with Crippen LogP contribution in [0.3, 0.4) is 0 Å². The first-order valence-corrected chi connectivity index (χ1v) is 8.03. The molecule has 0 aromatic rings. The average Bonchev–Trinajstić information content (AvgIpc) is 2.42. The molecule has 0 aromatic heterocycles. The van der Waals surface area contributed by atoms with Gasteiger partial charge in [-0.3, -0.25) is 0 Å². The Morgan fingerprint density at radius 3 is 1.78 bits per heavy atom. The van der Waals surface area contributed by atoms with Gasteiger partial charge < -0.3 is 10.2 Å². The topological polar surface area (TPSA) is 40.5 Å². The third-order valence-corrected chi connectivity index (χ3v) is 4.59. The zero-order valence-electron chi connectivity index (χ0n) is 12.1. The Hall–Kier alpha value is -0.0800. The summed E-state index contributed by atoms with van der Waals surface area (Å²) in [4.78, 5) is 0. The minimum Gasteiger partial charge on any atom is -0.396 e. The molecule has 0 radical (unpaired) electrons. The molecule has 1 atom stereocenters. The maximum absolute atomic E-state index is 9.18. The summed E-state index contributed by atoms with van der Waals surface area (Å²) in [6, 6.07) is 0. The standard InChI is InChI=1S/2C8H16O/c1-7(9)8-5-3-2-4-6-8;9-7-6-8-4-2-1-3-5-8/h7-9H,2-6H2,1H3;8-9H,1-7H2. The number of hydrogen-bond acceptors (Lipinski definition) is 2. The minimum atomic E-state index is -0.0645. The van der Waals surface area contributed by atoms with Gasteiger partial charge in [-0.2, -0.15) is 0 Å². The maximum Gasteiger partial charge on any atom is 0.0540 e. The Labute approximate surface area is 113 Å². The van der Waals surface area contributed by atoms with E-state index in [9.17, 15) is 5.11 Å². The van der Waals surface area contributed by atoms with Gasteiger partial charge in [0.05, 0.1) is 6.10 Å². The van der Waals surface area contributed by atoms with Gasteiger partial charge in [-0.25, -0.2) is 0 Å². The molecular formula is C16H32O2. The van der Waals surface area contributed by atoms with Gasteiger partial charge >= 0.3 is 0 Å². The van der Waals surface area contributed by atoms with Crippen LogP contribution in [0.5, 0.6) is 0 Å². The average molecular weight is 256 g/mol. The first-order valence-electron chi connectivity index (χ1n) is 8.03. The van der Waals surface area contributed by atoms with E-state index < -0.39 is 0 Å². The molecule has 0 bridgehead atoms. The van der Waals surface area contributed by atoms with Crippen molar-refractivity contribution < 1.29 is 10.2 Å². The van der Waals surface area contributed by atoms with Crippen LogP contribution in [0.25, 0.3) is 0 Å². The van der Waals surface area contributed by atoms with E-state index in [-0.39, 0.29) is 6.10 Å². The zero-order valence-corrected chi connectivity index (χ0v) is 12.1. The fourth-order valence-electron chi connectivity index (χ4n) is 3.27. The van der Waals surface area contributed by atoms with Gasteiger partial charge in [-0.05, 0) is 38.0 Å². The summed E-state index contributed by atoms with van der Waals surface area (Å²) in [7, 11) is 0. The summed E-state index contributed by atoms with van der Waals surface area (Å²) >= 11 is 0. The van der Waals surface area contributed by atoms with Gasteiger partial charge in [0.2, 0.25) is 0 Å². The highest BCUT2D eigenvalue weighted by Gasteiger charge is 2.17. The van der Waals surface area contributed by atoms with E-state index in [1.54, 1.807) is 0 Å². The second-order valence-electron chi connectivity index (χ2n) is 6.16. The van der Waals surface area contributed by atoms with E-state index in [1.807, 2.05) is 6.92 Å². The van der Waals surface area contributed by atoms with Crippen molar-refractivity contribution >= 4 is 0 Å². The van der Waals surface area contributed by atoms with E-state index in [4.69, 9.17) is 5.11 Å². The first kappa shape index (κ1) is 16.0. The molecule has 2 N–H and O–H groups in total. The van der Waals surface area contributed by atoms with Crippen LogP contribution in [0, 0.1) is 11.8 Å². The lowest BCUT2D eigenvalue weighted by Gasteiger charge is -2.23. The molecule has 0 aromatic carbocycles. The molecule has 2 nitrogen and oxygen atoms in total. The molecule has 2 fully saturated rings. The Bertz CT molecular complexity index is 177. The summed E-state index contributed by atoms with van der Waals surface area (Å²) in [6.07, 6.45) is 14.4. The summed E-state index contributed by atoms with van der Waals surface area (Å²) < 4.78 is 0. The van der Waals surface area contributed by atoms with Crippen LogP contribution < -0.4 is 0 Å². The highest BCUT2D eigenvalue weighted by Crippen LogP contribution is 2.26. The third-order valence-electron chi connectivity index (χ3n) is 4.59. The summed E-state index contributed by atoms with van der Waals surface area (Å²) in [6.45, 7) is 2.31. The van der Waals surface area contributed by atoms with E-state index in [0.29, 0.717) is 12.5 Å². The van der Waals surface area contributed by atoms with Gasteiger partial charge in [-0.1, -0.05) is 51.4 Å². The van der Waals surface area contributed by atoms with Crippen LogP contribution in [0.2, 0.25) is 0 Å². The van der Waals surface area contributed by atoms with Gasteiger partial charge in [0.25, 0.3) is 0 Å². The first-order chi connectivity index (χ1) is 8.74. The third kappa shape index (κ3) is 6.75. The Kier molecular flexibility index (Phi) is 8.70. The Balaban J connectivity index is 0.000000180. The fourth-order valence-corrected chi connectivity index (χ4v) is 3.27. The van der Waals surface area contributed by atoms with Crippen LogP contribution in [-0.2, 0) is 0 Å². The van der Waals surface area contributed by atoms with E-state index in [2.05, 4.69) is 0 Å². The normalized spacial score (nSPS) is 24.2. The summed E-state index contributed by atoms with van der Waals surface area (Å²) in [5.74, 6) is 1.46. The van der Waals surface area contributed by atoms with Gasteiger partial charge in [0.1, 0.15) is 0 Å². The molecule has 2 saturated carbocycles. The molecule has 2 aliphatic carbocycles. The molecule has 108 valence electrons. The van der Waals surface area contributed by atoms with E-state index in [0.717, 1.165) is 12.3 Å². The van der Waals surface area contributed by atoms with E-state index in [1.165, 1.54) is 64.2 Å². The number of rotatable bonds is 3. The van der Waals surface area contributed by atoms with Crippen molar-refractivity contribution in [2.45, 2.75) is 83.7 Å². The summed E-state index contributed by atoms with van der Waals surface area (Å²) in [5.41, 5.74) is 0. The van der Waals surface area contributed by atoms with Gasteiger partial charge in [0, 0.05) is 6.61 Å². The second kappa shape index (κ2) is 9.80. The zero-order chi connectivity index (χ0) is 13.2. The van der Waals surface area contributed by atoms with Crippen molar-refractivity contribution in [1.82, 2.24) is 0 Å². The van der Waals surface area contributed by atoms with Crippen LogP contribution in [0.1, 0.15) is 77.6 Å². The van der Waals surface area contributed by atoms with E-state index >= 15 is 0 Å². The van der Waals surface area contributed by atoms with Crippen molar-refractivity contribution in [2.75, 3.05) is 6.61 Å². The van der Waals surface area contributed by atoms with Crippen LogP contribution in [0.4, 0.5) is 0 Å². The quantitative estimate of drug-likeness (QED) is 0.804. The van der Waals surface area contributed by atoms with Crippen LogP contribution in [0.15, 0.2) is 0 Å². The molecule has 2 rings (SSSR count). The highest BCUT2D eigenvalue weighted by atomic mass is 16.3. The molecule has 1 unspecified atom stereocenters. The second-order valence-corrected chi connectivity index (χ2v) is 6.16. The molecule has 0 aliphatic heterocycles. The molecule has 2 aliphatic rings. The van der Waals surface area contributed by atoms with Crippen LogP contribution >= 0.6 is 0 Å². The molecule has 0 heterocycles. The van der Waals surface area contributed by atoms with Crippen molar-refractivity contribution in [3.8, 4) is 0 Å². The van der Waals surface area contributed by atoms with Crippen molar-refractivity contribution in [2.24, 2.45) is 11.8 Å². The Morgan fingerprint density at radius 1 is 0.889 bits per heavy atom. The highest BCUT2D eigenvalue weighted by molar-refractivity contribution is 4.69. The maximum atomic E-state index is 9.18. The van der Waals surface area contributed by atoms with Crippen molar-refractivity contribution in [3.05, 3.63) is 0 Å². The molecule has 0 saturated heterocycles. The largest absolute Gasteiger partial charge is 0.396 e. The molecular weight excluding hydrogens is 224 g/mol. The fraction of sp³-hybridized carbons (Fsp3) is 1.00. The smallest absolute Gasteiger partial charge is 0.0540 e. The lowest BCUT2D eigenvalue weighted by atomic mass is 9.86. The van der Waals surface area contributed by atoms with Crippen molar-refractivity contribution in [3.63, 3.8) is 0 Å². The number of hydrogen-bond donors (Lipinski definition) is 2. The molecule has 0 amide bonds. The SMILES string of the molecule is CC(O)C1CCCCC1.OCCC1CCCCC1. The van der Waals surface area contributed by atoms with Gasteiger partial charge in [0.15, 0.2) is 0 Å². The number of aliphatic hydroxyl groups excluding tert-OH is 2. The lowest BCUT2D eigenvalue weighted by Crippen LogP contribution is -2.19. The number of aliphatic hydroxyl groups is 2. The summed E-state index contributed by atoms with van der Waals surface area (Å²) in [5, 5.41) is 17.8. The van der Waals surface area contributed by atoms with Crippen molar-refractivity contribution in [1.29, 1.82) is 0 Å². The minimum absolute atomic E-state index is 0.0645. The predicted octanol–water partition coefficient (Wildman–Crippen LogP) is 3.90. The lowest BCUT2D eigenvalue weighted by molar-refractivity contribution is 0.101. The monoisotopic (exact) mass is 256 g/mol. The van der Waals surface area contributed by atoms with Crippen LogP contribution in [-0.4, -0.2) is 22.9 Å². The predicted molar refractivity (Wildman–Crippen MR) is 76.5 cm³/mol. The van der Waals surface area contributed by atoms with Gasteiger partial charge in [-0.15, -0.1) is 0 Å². The Morgan fingerprint density at radius 2 is 1.39 bits per heavy atom. The molecule has 18 heavy (non-hydrogen) atoms. The molecule has 2 heteroatoms. The molecule has 0 spiro atoms.